The molecule has 0 bridgehead atoms. The van der Waals surface area contributed by atoms with Crippen LogP contribution in [-0.4, -0.2) is 5.54 Å². The Morgan fingerprint density at radius 2 is 1.33 bits per heavy atom. The lowest BCUT2D eigenvalue weighted by molar-refractivity contribution is 0.0137. The molecule has 0 amide bonds. The smallest absolute Gasteiger partial charge is 0.0131 e. The zero-order chi connectivity index (χ0) is 9.62. The number of rotatable bonds is 0. The van der Waals surface area contributed by atoms with Gasteiger partial charge in [0, 0.05) is 5.54 Å². The first kappa shape index (κ1) is 10.0. The van der Waals surface area contributed by atoms with E-state index in [1.807, 2.05) is 0 Å². The molecule has 1 aliphatic rings. The SMILES string of the molecule is CC1(N)CCC(C)(C)C(C)(C)C1. The first-order valence-electron chi connectivity index (χ1n) is 4.95. The third-order valence-corrected chi connectivity index (χ3v) is 4.00. The number of hydrogen-bond donors (Lipinski definition) is 1. The van der Waals surface area contributed by atoms with E-state index in [-0.39, 0.29) is 5.54 Å². The van der Waals surface area contributed by atoms with Crippen LogP contribution in [0.1, 0.15) is 53.9 Å². The van der Waals surface area contributed by atoms with Crippen molar-refractivity contribution in [3.8, 4) is 0 Å². The summed E-state index contributed by atoms with van der Waals surface area (Å²) in [6.45, 7) is 11.6. The molecular weight excluding hydrogens is 146 g/mol. The van der Waals surface area contributed by atoms with Crippen LogP contribution in [-0.2, 0) is 0 Å². The topological polar surface area (TPSA) is 26.0 Å². The van der Waals surface area contributed by atoms with Gasteiger partial charge < -0.3 is 5.73 Å². The van der Waals surface area contributed by atoms with Crippen LogP contribution < -0.4 is 5.73 Å². The van der Waals surface area contributed by atoms with Gasteiger partial charge in [-0.25, -0.2) is 0 Å². The highest BCUT2D eigenvalue weighted by Crippen LogP contribution is 2.51. The molecule has 1 unspecified atom stereocenters. The van der Waals surface area contributed by atoms with E-state index >= 15 is 0 Å². The fraction of sp³-hybridized carbons (Fsp3) is 1.00. The van der Waals surface area contributed by atoms with E-state index < -0.39 is 0 Å². The van der Waals surface area contributed by atoms with Crippen molar-refractivity contribution < 1.29 is 0 Å². The molecule has 12 heavy (non-hydrogen) atoms. The second-order valence-electron chi connectivity index (χ2n) is 6.10. The third-order valence-electron chi connectivity index (χ3n) is 4.00. The maximum Gasteiger partial charge on any atom is 0.0131 e. The summed E-state index contributed by atoms with van der Waals surface area (Å²) in [7, 11) is 0. The zero-order valence-electron chi connectivity index (χ0n) is 9.20. The Hall–Kier alpha value is -0.0400. The fourth-order valence-electron chi connectivity index (χ4n) is 2.27. The number of hydrogen-bond acceptors (Lipinski definition) is 1. The normalized spacial score (nSPS) is 39.5. The Morgan fingerprint density at radius 1 is 0.833 bits per heavy atom. The molecule has 1 aliphatic carbocycles. The molecule has 1 heteroatoms. The molecule has 0 aromatic rings. The minimum Gasteiger partial charge on any atom is -0.325 e. The monoisotopic (exact) mass is 169 g/mol. The van der Waals surface area contributed by atoms with Crippen LogP contribution in [0, 0.1) is 10.8 Å². The van der Waals surface area contributed by atoms with E-state index in [4.69, 9.17) is 5.73 Å². The fourth-order valence-corrected chi connectivity index (χ4v) is 2.27. The van der Waals surface area contributed by atoms with Crippen molar-refractivity contribution >= 4 is 0 Å². The molecule has 2 N–H and O–H groups in total. The van der Waals surface area contributed by atoms with Crippen molar-refractivity contribution in [3.63, 3.8) is 0 Å². The van der Waals surface area contributed by atoms with Gasteiger partial charge in [-0.3, -0.25) is 0 Å². The van der Waals surface area contributed by atoms with E-state index in [0.29, 0.717) is 10.8 Å². The summed E-state index contributed by atoms with van der Waals surface area (Å²) >= 11 is 0. The van der Waals surface area contributed by atoms with Crippen LogP contribution in [0.15, 0.2) is 0 Å². The molecule has 0 saturated heterocycles. The van der Waals surface area contributed by atoms with Crippen LogP contribution in [0.5, 0.6) is 0 Å². The molecule has 1 nitrogen and oxygen atoms in total. The van der Waals surface area contributed by atoms with Crippen molar-refractivity contribution in [2.75, 3.05) is 0 Å². The van der Waals surface area contributed by atoms with E-state index in [0.717, 1.165) is 6.42 Å². The Balaban J connectivity index is 2.82. The molecule has 1 rings (SSSR count). The average Bonchev–Trinajstić information content (AvgIpc) is 1.79. The molecule has 1 atom stereocenters. The van der Waals surface area contributed by atoms with Gasteiger partial charge in [-0.15, -0.1) is 0 Å². The summed E-state index contributed by atoms with van der Waals surface area (Å²) in [6.07, 6.45) is 3.57. The molecule has 0 spiro atoms. The first-order chi connectivity index (χ1) is 5.16. The van der Waals surface area contributed by atoms with Crippen LogP contribution in [0.4, 0.5) is 0 Å². The Bertz CT molecular complexity index is 177. The second kappa shape index (κ2) is 2.47. The maximum atomic E-state index is 6.17. The predicted octanol–water partition coefficient (Wildman–Crippen LogP) is 2.94. The van der Waals surface area contributed by atoms with Crippen LogP contribution in [0.25, 0.3) is 0 Å². The molecule has 1 saturated carbocycles. The minimum atomic E-state index is 0.0685. The van der Waals surface area contributed by atoms with Crippen molar-refractivity contribution in [2.24, 2.45) is 16.6 Å². The van der Waals surface area contributed by atoms with Gasteiger partial charge in [-0.1, -0.05) is 27.7 Å². The molecule has 0 radical (unpaired) electrons. The zero-order valence-corrected chi connectivity index (χ0v) is 9.20. The quantitative estimate of drug-likeness (QED) is 0.593. The standard InChI is InChI=1S/C11H23N/c1-9(2)6-7-11(5,12)8-10(9,3)4/h6-8,12H2,1-5H3. The molecule has 1 fully saturated rings. The van der Waals surface area contributed by atoms with E-state index in [9.17, 15) is 0 Å². The average molecular weight is 169 g/mol. The first-order valence-corrected chi connectivity index (χ1v) is 4.95. The van der Waals surface area contributed by atoms with Crippen molar-refractivity contribution in [3.05, 3.63) is 0 Å². The lowest BCUT2D eigenvalue weighted by Crippen LogP contribution is -2.51. The maximum absolute atomic E-state index is 6.17. The van der Waals surface area contributed by atoms with Crippen molar-refractivity contribution in [1.29, 1.82) is 0 Å². The van der Waals surface area contributed by atoms with Gasteiger partial charge >= 0.3 is 0 Å². The lowest BCUT2D eigenvalue weighted by atomic mass is 9.55. The Morgan fingerprint density at radius 3 is 1.67 bits per heavy atom. The molecular formula is C11H23N. The third kappa shape index (κ3) is 1.66. The van der Waals surface area contributed by atoms with Gasteiger partial charge in [-0.05, 0) is 37.0 Å². The van der Waals surface area contributed by atoms with Gasteiger partial charge in [0.15, 0.2) is 0 Å². The van der Waals surface area contributed by atoms with Gasteiger partial charge in [0.2, 0.25) is 0 Å². The van der Waals surface area contributed by atoms with Gasteiger partial charge in [0.05, 0.1) is 0 Å². The van der Waals surface area contributed by atoms with E-state index in [2.05, 4.69) is 34.6 Å². The molecule has 0 aromatic carbocycles. The summed E-state index contributed by atoms with van der Waals surface area (Å²) in [5.74, 6) is 0. The van der Waals surface area contributed by atoms with Crippen molar-refractivity contribution in [2.45, 2.75) is 59.4 Å². The highest BCUT2D eigenvalue weighted by Gasteiger charge is 2.45. The summed E-state index contributed by atoms with van der Waals surface area (Å²) in [5.41, 5.74) is 7.08. The summed E-state index contributed by atoms with van der Waals surface area (Å²) in [6, 6.07) is 0. The van der Waals surface area contributed by atoms with Crippen molar-refractivity contribution in [1.82, 2.24) is 0 Å². The van der Waals surface area contributed by atoms with E-state index in [1.165, 1.54) is 12.8 Å². The van der Waals surface area contributed by atoms with Gasteiger partial charge in [0.1, 0.15) is 0 Å². The second-order valence-corrected chi connectivity index (χ2v) is 6.10. The molecule has 0 aromatic heterocycles. The Kier molecular flexibility index (Phi) is 2.07. The highest BCUT2D eigenvalue weighted by atomic mass is 14.8. The lowest BCUT2D eigenvalue weighted by Gasteiger charge is -2.51. The molecule has 0 aliphatic heterocycles. The van der Waals surface area contributed by atoms with Gasteiger partial charge in [0.25, 0.3) is 0 Å². The Labute approximate surface area is 76.7 Å². The minimum absolute atomic E-state index is 0.0685. The van der Waals surface area contributed by atoms with Crippen LogP contribution >= 0.6 is 0 Å². The van der Waals surface area contributed by atoms with E-state index in [1.54, 1.807) is 0 Å². The van der Waals surface area contributed by atoms with Crippen LogP contribution in [0.3, 0.4) is 0 Å². The molecule has 72 valence electrons. The largest absolute Gasteiger partial charge is 0.325 e. The van der Waals surface area contributed by atoms with Crippen LogP contribution in [0.2, 0.25) is 0 Å². The predicted molar refractivity (Wildman–Crippen MR) is 54.0 cm³/mol. The van der Waals surface area contributed by atoms with Gasteiger partial charge in [-0.2, -0.15) is 0 Å². The highest BCUT2D eigenvalue weighted by molar-refractivity contribution is 4.99. The number of nitrogens with two attached hydrogens (primary N) is 1. The summed E-state index contributed by atoms with van der Waals surface area (Å²) in [4.78, 5) is 0. The molecule has 0 heterocycles. The summed E-state index contributed by atoms with van der Waals surface area (Å²) in [5, 5.41) is 0. The summed E-state index contributed by atoms with van der Waals surface area (Å²) < 4.78 is 0.